The Morgan fingerprint density at radius 1 is 1.00 bits per heavy atom. The molecule has 0 aliphatic carbocycles. The van der Waals surface area contributed by atoms with Crippen LogP contribution in [0.2, 0.25) is 5.02 Å². The summed E-state index contributed by atoms with van der Waals surface area (Å²) >= 11 is 12.6. The highest BCUT2D eigenvalue weighted by molar-refractivity contribution is 9.11. The lowest BCUT2D eigenvalue weighted by Crippen LogP contribution is -2.03. The Morgan fingerprint density at radius 2 is 1.56 bits per heavy atom. The molecule has 2 aromatic carbocycles. The van der Waals surface area contributed by atoms with Crippen LogP contribution in [0.25, 0.3) is 0 Å². The molecular formula is C14H9Br2ClO. The van der Waals surface area contributed by atoms with E-state index in [2.05, 4.69) is 31.9 Å². The largest absolute Gasteiger partial charge is 0.294 e. The number of hydrogen-bond acceptors (Lipinski definition) is 1. The van der Waals surface area contributed by atoms with Crippen LogP contribution in [0.5, 0.6) is 0 Å². The molecule has 2 rings (SSSR count). The predicted molar refractivity (Wildman–Crippen MR) is 81.3 cm³/mol. The van der Waals surface area contributed by atoms with Crippen LogP contribution >= 0.6 is 43.5 Å². The van der Waals surface area contributed by atoms with Gasteiger partial charge in [-0.15, -0.1) is 0 Å². The van der Waals surface area contributed by atoms with Gasteiger partial charge in [0.25, 0.3) is 0 Å². The van der Waals surface area contributed by atoms with E-state index in [1.54, 1.807) is 12.1 Å². The lowest BCUT2D eigenvalue weighted by atomic mass is 10.0. The Labute approximate surface area is 127 Å². The highest BCUT2D eigenvalue weighted by atomic mass is 79.9. The molecule has 0 bridgehead atoms. The van der Waals surface area contributed by atoms with E-state index in [1.807, 2.05) is 30.3 Å². The van der Waals surface area contributed by atoms with Crippen molar-refractivity contribution in [3.63, 3.8) is 0 Å². The molecule has 92 valence electrons. The van der Waals surface area contributed by atoms with Gasteiger partial charge in [0.1, 0.15) is 0 Å². The first kappa shape index (κ1) is 13.8. The van der Waals surface area contributed by atoms with Crippen LogP contribution in [0.1, 0.15) is 15.9 Å². The van der Waals surface area contributed by atoms with E-state index in [1.165, 1.54) is 0 Å². The molecule has 0 aliphatic rings. The van der Waals surface area contributed by atoms with Crippen molar-refractivity contribution in [2.75, 3.05) is 0 Å². The molecule has 2 aromatic rings. The number of hydrogen-bond donors (Lipinski definition) is 0. The Hall–Kier alpha value is -0.640. The van der Waals surface area contributed by atoms with E-state index in [4.69, 9.17) is 11.6 Å². The molecule has 0 N–H and O–H groups in total. The molecule has 0 fully saturated rings. The minimum Gasteiger partial charge on any atom is -0.294 e. The van der Waals surface area contributed by atoms with Gasteiger partial charge in [0, 0.05) is 26.0 Å². The van der Waals surface area contributed by atoms with Gasteiger partial charge in [0.15, 0.2) is 5.78 Å². The molecule has 18 heavy (non-hydrogen) atoms. The SMILES string of the molecule is O=C(Cc1ccc(Cl)cc1)c1cc(Br)cc(Br)c1. The number of rotatable bonds is 3. The minimum absolute atomic E-state index is 0.0827. The summed E-state index contributed by atoms with van der Waals surface area (Å²) in [6.07, 6.45) is 0.375. The first-order valence-electron chi connectivity index (χ1n) is 5.28. The van der Waals surface area contributed by atoms with Crippen LogP contribution in [0.15, 0.2) is 51.4 Å². The highest BCUT2D eigenvalue weighted by Gasteiger charge is 2.08. The number of benzene rings is 2. The van der Waals surface area contributed by atoms with Crippen LogP contribution in [0.4, 0.5) is 0 Å². The molecule has 0 aliphatic heterocycles. The van der Waals surface area contributed by atoms with Crippen molar-refractivity contribution >= 4 is 49.2 Å². The summed E-state index contributed by atoms with van der Waals surface area (Å²) in [6, 6.07) is 12.9. The van der Waals surface area contributed by atoms with E-state index >= 15 is 0 Å². The van der Waals surface area contributed by atoms with E-state index in [0.29, 0.717) is 17.0 Å². The summed E-state index contributed by atoms with van der Waals surface area (Å²) in [6.45, 7) is 0. The second-order valence-electron chi connectivity index (χ2n) is 3.88. The summed E-state index contributed by atoms with van der Waals surface area (Å²) < 4.78 is 1.77. The van der Waals surface area contributed by atoms with Crippen molar-refractivity contribution in [1.82, 2.24) is 0 Å². The van der Waals surface area contributed by atoms with Crippen molar-refractivity contribution < 1.29 is 4.79 Å². The summed E-state index contributed by atoms with van der Waals surface area (Å²) in [5, 5.41) is 0.677. The zero-order valence-electron chi connectivity index (χ0n) is 9.29. The topological polar surface area (TPSA) is 17.1 Å². The zero-order chi connectivity index (χ0) is 13.1. The normalized spacial score (nSPS) is 10.4. The van der Waals surface area contributed by atoms with Gasteiger partial charge in [0.2, 0.25) is 0 Å². The third-order valence-electron chi connectivity index (χ3n) is 2.46. The quantitative estimate of drug-likeness (QED) is 0.653. The first-order chi connectivity index (χ1) is 8.54. The van der Waals surface area contributed by atoms with E-state index in [-0.39, 0.29) is 5.78 Å². The van der Waals surface area contributed by atoms with Gasteiger partial charge >= 0.3 is 0 Å². The number of ketones is 1. The number of carbonyl (C=O) groups is 1. The standard InChI is InChI=1S/C14H9Br2ClO/c15-11-6-10(7-12(16)8-11)14(18)5-9-1-3-13(17)4-2-9/h1-4,6-8H,5H2. The molecule has 4 heteroatoms. The summed E-state index contributed by atoms with van der Waals surface area (Å²) in [5.41, 5.74) is 1.65. The summed E-state index contributed by atoms with van der Waals surface area (Å²) in [4.78, 5) is 12.1. The molecular weight excluding hydrogens is 379 g/mol. The van der Waals surface area contributed by atoms with E-state index in [9.17, 15) is 4.79 Å². The molecule has 0 amide bonds. The fraction of sp³-hybridized carbons (Fsp3) is 0.0714. The van der Waals surface area contributed by atoms with Gasteiger partial charge in [-0.3, -0.25) is 4.79 Å². The highest BCUT2D eigenvalue weighted by Crippen LogP contribution is 2.21. The third kappa shape index (κ3) is 3.67. The van der Waals surface area contributed by atoms with Gasteiger partial charge in [-0.25, -0.2) is 0 Å². The second-order valence-corrected chi connectivity index (χ2v) is 6.15. The third-order valence-corrected chi connectivity index (χ3v) is 3.63. The molecule has 1 nitrogen and oxygen atoms in total. The van der Waals surface area contributed by atoms with Gasteiger partial charge < -0.3 is 0 Å². The van der Waals surface area contributed by atoms with Crippen LogP contribution in [-0.2, 0) is 6.42 Å². The van der Waals surface area contributed by atoms with Gasteiger partial charge in [0.05, 0.1) is 0 Å². The first-order valence-corrected chi connectivity index (χ1v) is 7.25. The Morgan fingerprint density at radius 3 is 2.11 bits per heavy atom. The number of Topliss-reactive ketones (excluding diaryl/α,β-unsaturated/α-hetero) is 1. The average molecular weight is 388 g/mol. The predicted octanol–water partition coefficient (Wildman–Crippen LogP) is 5.29. The minimum atomic E-state index is 0.0827. The van der Waals surface area contributed by atoms with Crippen molar-refractivity contribution in [2.45, 2.75) is 6.42 Å². The van der Waals surface area contributed by atoms with Gasteiger partial charge in [-0.05, 0) is 35.9 Å². The molecule has 0 saturated carbocycles. The van der Waals surface area contributed by atoms with Gasteiger partial charge in [-0.2, -0.15) is 0 Å². The average Bonchev–Trinajstić information content (AvgIpc) is 2.31. The lowest BCUT2D eigenvalue weighted by molar-refractivity contribution is 0.0993. The van der Waals surface area contributed by atoms with E-state index < -0.39 is 0 Å². The maximum absolute atomic E-state index is 12.1. The molecule has 0 atom stereocenters. The van der Waals surface area contributed by atoms with Crippen molar-refractivity contribution in [3.05, 3.63) is 67.6 Å². The molecule has 0 heterocycles. The molecule has 0 radical (unpaired) electrons. The number of carbonyl (C=O) groups excluding carboxylic acids is 1. The zero-order valence-corrected chi connectivity index (χ0v) is 13.2. The fourth-order valence-corrected chi connectivity index (χ4v) is 3.02. The van der Waals surface area contributed by atoms with Crippen LogP contribution < -0.4 is 0 Å². The Bertz CT molecular complexity index is 559. The summed E-state index contributed by atoms with van der Waals surface area (Å²) in [7, 11) is 0. The number of halogens is 3. The lowest BCUT2D eigenvalue weighted by Gasteiger charge is -2.03. The van der Waals surface area contributed by atoms with Gasteiger partial charge in [-0.1, -0.05) is 55.6 Å². The van der Waals surface area contributed by atoms with Crippen LogP contribution in [-0.4, -0.2) is 5.78 Å². The van der Waals surface area contributed by atoms with Crippen molar-refractivity contribution in [2.24, 2.45) is 0 Å². The van der Waals surface area contributed by atoms with Crippen LogP contribution in [0.3, 0.4) is 0 Å². The smallest absolute Gasteiger partial charge is 0.167 e. The maximum Gasteiger partial charge on any atom is 0.167 e. The molecule has 0 unspecified atom stereocenters. The summed E-state index contributed by atoms with van der Waals surface area (Å²) in [5.74, 6) is 0.0827. The van der Waals surface area contributed by atoms with Crippen molar-refractivity contribution in [3.8, 4) is 0 Å². The monoisotopic (exact) mass is 386 g/mol. The van der Waals surface area contributed by atoms with Crippen molar-refractivity contribution in [1.29, 1.82) is 0 Å². The second kappa shape index (κ2) is 6.00. The Kier molecular flexibility index (Phi) is 4.60. The molecule has 0 saturated heterocycles. The van der Waals surface area contributed by atoms with E-state index in [0.717, 1.165) is 14.5 Å². The Balaban J connectivity index is 2.19. The maximum atomic E-state index is 12.1. The molecule has 0 spiro atoms. The molecule has 0 aromatic heterocycles. The van der Waals surface area contributed by atoms with Crippen LogP contribution in [0, 0.1) is 0 Å². The fourth-order valence-electron chi connectivity index (χ4n) is 1.60.